The van der Waals surface area contributed by atoms with Gasteiger partial charge in [-0.3, -0.25) is 0 Å². The van der Waals surface area contributed by atoms with Crippen LogP contribution in [-0.2, 0) is 0 Å². The monoisotopic (exact) mass is 281 g/mol. The van der Waals surface area contributed by atoms with Gasteiger partial charge in [0.15, 0.2) is 5.84 Å². The molecule has 1 aliphatic rings. The first-order valence-corrected chi connectivity index (χ1v) is 6.95. The minimum absolute atomic E-state index is 0.0648. The van der Waals surface area contributed by atoms with Crippen molar-refractivity contribution in [1.82, 2.24) is 0 Å². The molecule has 1 aromatic carbocycles. The summed E-state index contributed by atoms with van der Waals surface area (Å²) in [7, 11) is 0. The molecule has 1 fully saturated rings. The van der Waals surface area contributed by atoms with Crippen molar-refractivity contribution < 1.29 is 5.21 Å². The van der Waals surface area contributed by atoms with Crippen LogP contribution in [0.15, 0.2) is 23.4 Å². The van der Waals surface area contributed by atoms with Gasteiger partial charge in [0, 0.05) is 18.3 Å². The zero-order valence-corrected chi connectivity index (χ0v) is 12.1. The molecule has 0 bridgehead atoms. The van der Waals surface area contributed by atoms with E-state index in [1.807, 2.05) is 12.1 Å². The Morgan fingerprint density at radius 1 is 1.53 bits per heavy atom. The molecule has 4 nitrogen and oxygen atoms in total. The molecule has 1 saturated carbocycles. The van der Waals surface area contributed by atoms with E-state index >= 15 is 0 Å². The van der Waals surface area contributed by atoms with Gasteiger partial charge in [0.05, 0.1) is 10.6 Å². The first kappa shape index (κ1) is 14.0. The van der Waals surface area contributed by atoms with Crippen molar-refractivity contribution >= 4 is 23.1 Å². The van der Waals surface area contributed by atoms with E-state index in [0.717, 1.165) is 12.2 Å². The Bertz CT molecular complexity index is 484. The lowest BCUT2D eigenvalue weighted by Gasteiger charge is -2.29. The number of halogens is 1. The molecule has 3 N–H and O–H groups in total. The highest BCUT2D eigenvalue weighted by Crippen LogP contribution is 2.36. The van der Waals surface area contributed by atoms with Crippen molar-refractivity contribution in [3.8, 4) is 0 Å². The van der Waals surface area contributed by atoms with Gasteiger partial charge in [0.1, 0.15) is 0 Å². The summed E-state index contributed by atoms with van der Waals surface area (Å²) in [4.78, 5) is 2.32. The van der Waals surface area contributed by atoms with Gasteiger partial charge in [0.2, 0.25) is 0 Å². The molecule has 0 spiro atoms. The fourth-order valence-corrected chi connectivity index (χ4v) is 2.55. The number of nitrogens with zero attached hydrogens (tertiary/aromatic N) is 2. The second-order valence-corrected chi connectivity index (χ2v) is 5.80. The summed E-state index contributed by atoms with van der Waals surface area (Å²) < 4.78 is 0. The largest absolute Gasteiger partial charge is 0.409 e. The molecule has 0 radical (unpaired) electrons. The maximum atomic E-state index is 8.94. The lowest BCUT2D eigenvalue weighted by Crippen LogP contribution is -2.32. The lowest BCUT2D eigenvalue weighted by molar-refractivity contribution is 0.318. The fourth-order valence-electron chi connectivity index (χ4n) is 2.28. The van der Waals surface area contributed by atoms with Gasteiger partial charge in [-0.2, -0.15) is 0 Å². The third-order valence-corrected chi connectivity index (χ3v) is 3.53. The number of hydrogen-bond acceptors (Lipinski definition) is 3. The SMILES string of the molecule is CC(C)CN(c1cccc(Cl)c1C(N)=NO)C1CC1. The molecule has 0 aromatic heterocycles. The summed E-state index contributed by atoms with van der Waals surface area (Å²) in [5.41, 5.74) is 7.36. The average Bonchev–Trinajstić information content (AvgIpc) is 3.19. The molecule has 1 aliphatic carbocycles. The van der Waals surface area contributed by atoms with Gasteiger partial charge >= 0.3 is 0 Å². The molecular weight excluding hydrogens is 262 g/mol. The summed E-state index contributed by atoms with van der Waals surface area (Å²) in [5, 5.41) is 12.6. The molecule has 2 rings (SSSR count). The molecule has 0 saturated heterocycles. The lowest BCUT2D eigenvalue weighted by atomic mass is 10.1. The fraction of sp³-hybridized carbons (Fsp3) is 0.500. The predicted molar refractivity (Wildman–Crippen MR) is 79.2 cm³/mol. The molecule has 0 unspecified atom stereocenters. The topological polar surface area (TPSA) is 61.8 Å². The summed E-state index contributed by atoms with van der Waals surface area (Å²) >= 11 is 6.21. The highest BCUT2D eigenvalue weighted by Gasteiger charge is 2.31. The van der Waals surface area contributed by atoms with Gasteiger partial charge in [-0.25, -0.2) is 0 Å². The second kappa shape index (κ2) is 5.70. The van der Waals surface area contributed by atoms with E-state index in [0.29, 0.717) is 22.5 Å². The van der Waals surface area contributed by atoms with Gasteiger partial charge in [-0.15, -0.1) is 0 Å². The van der Waals surface area contributed by atoms with Crippen LogP contribution in [-0.4, -0.2) is 23.6 Å². The van der Waals surface area contributed by atoms with Crippen LogP contribution >= 0.6 is 11.6 Å². The Labute approximate surface area is 118 Å². The third-order valence-electron chi connectivity index (χ3n) is 3.21. The summed E-state index contributed by atoms with van der Waals surface area (Å²) in [6.07, 6.45) is 2.38. The quantitative estimate of drug-likeness (QED) is 0.377. The maximum absolute atomic E-state index is 8.94. The maximum Gasteiger partial charge on any atom is 0.173 e. The average molecular weight is 282 g/mol. The van der Waals surface area contributed by atoms with Crippen LogP contribution in [0, 0.1) is 5.92 Å². The molecule has 0 aliphatic heterocycles. The molecule has 5 heteroatoms. The van der Waals surface area contributed by atoms with Crippen LogP contribution in [0.3, 0.4) is 0 Å². The smallest absolute Gasteiger partial charge is 0.173 e. The van der Waals surface area contributed by atoms with Gasteiger partial charge in [-0.1, -0.05) is 36.7 Å². The number of nitrogens with two attached hydrogens (primary N) is 1. The van der Waals surface area contributed by atoms with E-state index in [2.05, 4.69) is 23.9 Å². The van der Waals surface area contributed by atoms with Crippen LogP contribution in [0.5, 0.6) is 0 Å². The van der Waals surface area contributed by atoms with E-state index in [1.165, 1.54) is 12.8 Å². The Morgan fingerprint density at radius 2 is 2.21 bits per heavy atom. The highest BCUT2D eigenvalue weighted by atomic mass is 35.5. The number of anilines is 1. The Kier molecular flexibility index (Phi) is 4.20. The number of hydrogen-bond donors (Lipinski definition) is 2. The highest BCUT2D eigenvalue weighted by molar-refractivity contribution is 6.34. The molecule has 0 atom stereocenters. The van der Waals surface area contributed by atoms with E-state index in [1.54, 1.807) is 6.07 Å². The normalized spacial score (nSPS) is 15.9. The number of rotatable bonds is 5. The minimum Gasteiger partial charge on any atom is -0.409 e. The van der Waals surface area contributed by atoms with Crippen LogP contribution in [0.2, 0.25) is 5.02 Å². The zero-order valence-electron chi connectivity index (χ0n) is 11.3. The minimum atomic E-state index is 0.0648. The van der Waals surface area contributed by atoms with Crippen LogP contribution in [0.25, 0.3) is 0 Å². The molecular formula is C14H20ClN3O. The van der Waals surface area contributed by atoms with E-state index in [9.17, 15) is 0 Å². The summed E-state index contributed by atoms with van der Waals surface area (Å²) in [6, 6.07) is 6.20. The molecule has 0 heterocycles. The van der Waals surface area contributed by atoms with E-state index < -0.39 is 0 Å². The van der Waals surface area contributed by atoms with Crippen molar-refractivity contribution in [1.29, 1.82) is 0 Å². The van der Waals surface area contributed by atoms with Crippen molar-refractivity contribution in [2.75, 3.05) is 11.4 Å². The van der Waals surface area contributed by atoms with Crippen molar-refractivity contribution in [3.05, 3.63) is 28.8 Å². The summed E-state index contributed by atoms with van der Waals surface area (Å²) in [5.74, 6) is 0.606. The van der Waals surface area contributed by atoms with Crippen LogP contribution < -0.4 is 10.6 Å². The van der Waals surface area contributed by atoms with E-state index in [4.69, 9.17) is 22.5 Å². The van der Waals surface area contributed by atoms with Gasteiger partial charge < -0.3 is 15.8 Å². The molecule has 19 heavy (non-hydrogen) atoms. The predicted octanol–water partition coefficient (Wildman–Crippen LogP) is 3.06. The van der Waals surface area contributed by atoms with Crippen LogP contribution in [0.1, 0.15) is 32.3 Å². The van der Waals surface area contributed by atoms with Crippen LogP contribution in [0.4, 0.5) is 5.69 Å². The number of oxime groups is 1. The number of benzene rings is 1. The van der Waals surface area contributed by atoms with Gasteiger partial charge in [0.25, 0.3) is 0 Å². The molecule has 0 amide bonds. The first-order valence-electron chi connectivity index (χ1n) is 6.57. The zero-order chi connectivity index (χ0) is 14.0. The van der Waals surface area contributed by atoms with Crippen molar-refractivity contribution in [3.63, 3.8) is 0 Å². The standard InChI is InChI=1S/C14H20ClN3O/c1-9(2)8-18(10-6-7-10)12-5-3-4-11(15)13(12)14(16)17-19/h3-5,9-10,19H,6-8H2,1-2H3,(H2,16,17). The van der Waals surface area contributed by atoms with Gasteiger partial charge in [-0.05, 0) is 30.9 Å². The van der Waals surface area contributed by atoms with Crippen molar-refractivity contribution in [2.45, 2.75) is 32.7 Å². The second-order valence-electron chi connectivity index (χ2n) is 5.40. The first-order chi connectivity index (χ1) is 9.04. The Balaban J connectivity index is 2.44. The van der Waals surface area contributed by atoms with Crippen molar-refractivity contribution in [2.24, 2.45) is 16.8 Å². The molecule has 104 valence electrons. The Morgan fingerprint density at radius 3 is 2.74 bits per heavy atom. The number of amidine groups is 1. The molecule has 1 aromatic rings. The summed E-state index contributed by atoms with van der Waals surface area (Å²) in [6.45, 7) is 5.31. The Hall–Kier alpha value is -1.42. The van der Waals surface area contributed by atoms with E-state index in [-0.39, 0.29) is 5.84 Å². The third kappa shape index (κ3) is 3.13.